The third-order valence-corrected chi connectivity index (χ3v) is 4.67. The van der Waals surface area contributed by atoms with Gasteiger partial charge in [-0.1, -0.05) is 41.7 Å². The van der Waals surface area contributed by atoms with Gasteiger partial charge in [-0.15, -0.1) is 0 Å². The molecule has 1 amide bonds. The highest BCUT2D eigenvalue weighted by Crippen LogP contribution is 2.19. The van der Waals surface area contributed by atoms with Gasteiger partial charge >= 0.3 is 0 Å². The van der Waals surface area contributed by atoms with Crippen LogP contribution in [0.15, 0.2) is 53.5 Å². The van der Waals surface area contributed by atoms with Crippen molar-refractivity contribution in [2.75, 3.05) is 6.61 Å². The molecule has 0 aliphatic carbocycles. The molecule has 0 aliphatic rings. The Balaban J connectivity index is 1.72. The van der Waals surface area contributed by atoms with Gasteiger partial charge in [0, 0.05) is 7.05 Å². The van der Waals surface area contributed by atoms with E-state index in [9.17, 15) is 4.79 Å². The summed E-state index contributed by atoms with van der Waals surface area (Å²) < 4.78 is 8.65. The van der Waals surface area contributed by atoms with E-state index in [1.807, 2.05) is 48.0 Å². The number of rotatable bonds is 4. The van der Waals surface area contributed by atoms with Gasteiger partial charge in [-0.05, 0) is 30.7 Å². The van der Waals surface area contributed by atoms with Crippen molar-refractivity contribution >= 4 is 27.5 Å². The fraction of sp³-hybridized carbons (Fsp3) is 0.222. The number of aromatic nitrogens is 1. The fourth-order valence-corrected chi connectivity index (χ4v) is 3.55. The zero-order valence-corrected chi connectivity index (χ0v) is 14.0. The van der Waals surface area contributed by atoms with Crippen LogP contribution in [0.5, 0.6) is 5.75 Å². The summed E-state index contributed by atoms with van der Waals surface area (Å²) in [6, 6.07) is 15.6. The maximum atomic E-state index is 12.1. The summed E-state index contributed by atoms with van der Waals surface area (Å²) >= 11 is 1.53. The maximum Gasteiger partial charge on any atom is 0.251 e. The monoisotopic (exact) mass is 326 g/mol. The van der Waals surface area contributed by atoms with Crippen LogP contribution in [0.3, 0.4) is 0 Å². The number of carbonyl (C=O) groups excluding carboxylic acids is 1. The smallest absolute Gasteiger partial charge is 0.251 e. The number of ether oxygens (including phenoxy) is 1. The number of aryl methyl sites for hydroxylation is 2. The summed E-state index contributed by atoms with van der Waals surface area (Å²) in [5.41, 5.74) is 2.31. The van der Waals surface area contributed by atoms with Crippen LogP contribution < -0.4 is 9.54 Å². The molecule has 0 radical (unpaired) electrons. The Morgan fingerprint density at radius 1 is 1.17 bits per heavy atom. The minimum absolute atomic E-state index is 0.166. The Kier molecular flexibility index (Phi) is 4.57. The minimum atomic E-state index is -0.166. The van der Waals surface area contributed by atoms with Crippen LogP contribution >= 0.6 is 11.3 Å². The molecule has 118 valence electrons. The molecule has 4 nitrogen and oxygen atoms in total. The second-order valence-electron chi connectivity index (χ2n) is 5.28. The predicted octanol–water partition coefficient (Wildman–Crippen LogP) is 3.44. The van der Waals surface area contributed by atoms with Crippen LogP contribution in [0.25, 0.3) is 10.2 Å². The van der Waals surface area contributed by atoms with Crippen molar-refractivity contribution in [3.05, 3.63) is 58.9 Å². The van der Waals surface area contributed by atoms with Crippen molar-refractivity contribution in [1.29, 1.82) is 0 Å². The van der Waals surface area contributed by atoms with Crippen molar-refractivity contribution < 1.29 is 9.53 Å². The molecule has 0 fully saturated rings. The number of hydrogen-bond donors (Lipinski definition) is 0. The third kappa shape index (κ3) is 3.51. The largest absolute Gasteiger partial charge is 0.493 e. The lowest BCUT2D eigenvalue weighted by Crippen LogP contribution is -2.14. The highest BCUT2D eigenvalue weighted by Gasteiger charge is 2.07. The van der Waals surface area contributed by atoms with Gasteiger partial charge in [-0.2, -0.15) is 4.99 Å². The van der Waals surface area contributed by atoms with Crippen molar-refractivity contribution in [1.82, 2.24) is 4.57 Å². The third-order valence-electron chi connectivity index (χ3n) is 3.57. The minimum Gasteiger partial charge on any atom is -0.493 e. The van der Waals surface area contributed by atoms with Crippen molar-refractivity contribution in [2.45, 2.75) is 13.3 Å². The summed E-state index contributed by atoms with van der Waals surface area (Å²) in [5.74, 6) is 0.601. The first kappa shape index (κ1) is 15.5. The molecule has 0 spiro atoms. The zero-order chi connectivity index (χ0) is 16.2. The van der Waals surface area contributed by atoms with E-state index < -0.39 is 0 Å². The average Bonchev–Trinajstić information content (AvgIpc) is 2.86. The maximum absolute atomic E-state index is 12.1. The van der Waals surface area contributed by atoms with Crippen LogP contribution in [-0.4, -0.2) is 17.1 Å². The molecule has 0 unspecified atom stereocenters. The molecule has 1 aromatic heterocycles. The summed E-state index contributed by atoms with van der Waals surface area (Å²) in [6.45, 7) is 2.40. The molecule has 0 saturated carbocycles. The molecule has 0 aliphatic heterocycles. The number of fused-ring (bicyclic) bond motifs is 1. The summed E-state index contributed by atoms with van der Waals surface area (Å²) in [4.78, 5) is 17.0. The van der Waals surface area contributed by atoms with Gasteiger partial charge in [0.1, 0.15) is 5.75 Å². The molecule has 3 aromatic rings. The number of carbonyl (C=O) groups is 1. The van der Waals surface area contributed by atoms with Crippen molar-refractivity contribution in [3.63, 3.8) is 0 Å². The quantitative estimate of drug-likeness (QED) is 0.737. The van der Waals surface area contributed by atoms with E-state index in [2.05, 4.69) is 24.0 Å². The fourth-order valence-electron chi connectivity index (χ4n) is 2.44. The van der Waals surface area contributed by atoms with Gasteiger partial charge in [0.05, 0.1) is 23.2 Å². The molecule has 2 aromatic carbocycles. The topological polar surface area (TPSA) is 43.6 Å². The first-order chi connectivity index (χ1) is 11.1. The lowest BCUT2D eigenvalue weighted by molar-refractivity contribution is -0.118. The van der Waals surface area contributed by atoms with E-state index in [0.717, 1.165) is 20.8 Å². The van der Waals surface area contributed by atoms with E-state index in [0.29, 0.717) is 6.61 Å². The molecule has 0 saturated heterocycles. The molecule has 3 rings (SSSR count). The Morgan fingerprint density at radius 2 is 1.96 bits per heavy atom. The van der Waals surface area contributed by atoms with E-state index in [4.69, 9.17) is 4.74 Å². The lowest BCUT2D eigenvalue weighted by atomic mass is 10.2. The number of para-hydroxylation sites is 2. The van der Waals surface area contributed by atoms with Crippen molar-refractivity contribution in [3.8, 4) is 5.75 Å². The second kappa shape index (κ2) is 6.79. The number of nitrogens with zero attached hydrogens (tertiary/aromatic N) is 2. The van der Waals surface area contributed by atoms with Gasteiger partial charge < -0.3 is 9.30 Å². The molecule has 0 bridgehead atoms. The van der Waals surface area contributed by atoms with E-state index >= 15 is 0 Å². The number of hydrogen-bond acceptors (Lipinski definition) is 3. The Labute approximate surface area is 138 Å². The van der Waals surface area contributed by atoms with Crippen LogP contribution in [0, 0.1) is 6.92 Å². The van der Waals surface area contributed by atoms with E-state index in [1.54, 1.807) is 0 Å². The molecule has 23 heavy (non-hydrogen) atoms. The Hall–Kier alpha value is -2.40. The van der Waals surface area contributed by atoms with Gasteiger partial charge in [0.2, 0.25) is 0 Å². The van der Waals surface area contributed by atoms with Crippen LogP contribution in [0.1, 0.15) is 12.0 Å². The predicted molar refractivity (Wildman–Crippen MR) is 92.7 cm³/mol. The van der Waals surface area contributed by atoms with Crippen molar-refractivity contribution in [2.24, 2.45) is 12.0 Å². The Bertz CT molecular complexity index is 894. The van der Waals surface area contributed by atoms with Gasteiger partial charge in [0.15, 0.2) is 4.80 Å². The normalized spacial score (nSPS) is 11.8. The second-order valence-corrected chi connectivity index (χ2v) is 6.29. The zero-order valence-electron chi connectivity index (χ0n) is 13.2. The summed E-state index contributed by atoms with van der Waals surface area (Å²) in [5, 5.41) is 0. The van der Waals surface area contributed by atoms with Gasteiger partial charge in [0.25, 0.3) is 5.91 Å². The summed E-state index contributed by atoms with van der Waals surface area (Å²) in [7, 11) is 1.94. The molecule has 1 heterocycles. The van der Waals surface area contributed by atoms with E-state index in [-0.39, 0.29) is 12.3 Å². The first-order valence-electron chi connectivity index (χ1n) is 7.46. The molecular weight excluding hydrogens is 308 g/mol. The summed E-state index contributed by atoms with van der Waals surface area (Å²) in [6.07, 6.45) is 0.266. The van der Waals surface area contributed by atoms with Crippen LogP contribution in [-0.2, 0) is 11.8 Å². The standard InChI is InChI=1S/C18H18N2O2S/c1-13-7-6-10-15-17(13)20(2)18(23-15)19-16(21)11-12-22-14-8-4-3-5-9-14/h3-10H,11-12H2,1-2H3. The average molecular weight is 326 g/mol. The molecule has 0 N–H and O–H groups in total. The van der Waals surface area contributed by atoms with Crippen LogP contribution in [0.4, 0.5) is 0 Å². The lowest BCUT2D eigenvalue weighted by Gasteiger charge is -2.03. The Morgan fingerprint density at radius 3 is 2.70 bits per heavy atom. The number of thiazole rings is 1. The highest BCUT2D eigenvalue weighted by atomic mass is 32.1. The first-order valence-corrected chi connectivity index (χ1v) is 8.27. The molecule has 5 heteroatoms. The highest BCUT2D eigenvalue weighted by molar-refractivity contribution is 7.16. The van der Waals surface area contributed by atoms with Crippen LogP contribution in [0.2, 0.25) is 0 Å². The number of benzene rings is 2. The van der Waals surface area contributed by atoms with E-state index in [1.165, 1.54) is 16.9 Å². The van der Waals surface area contributed by atoms with Gasteiger partial charge in [-0.25, -0.2) is 0 Å². The SMILES string of the molecule is Cc1cccc2sc(=NC(=O)CCOc3ccccc3)n(C)c12. The molecular formula is C18H18N2O2S. The molecule has 0 atom stereocenters. The van der Waals surface area contributed by atoms with Gasteiger partial charge in [-0.3, -0.25) is 4.79 Å². The number of amides is 1.